The normalized spacial score (nSPS) is 22.6. The van der Waals surface area contributed by atoms with Crippen molar-refractivity contribution in [2.45, 2.75) is 54.0 Å². The van der Waals surface area contributed by atoms with Crippen LogP contribution in [0.4, 0.5) is 0 Å². The van der Waals surface area contributed by atoms with Crippen LogP contribution in [0.15, 0.2) is 16.2 Å². The summed E-state index contributed by atoms with van der Waals surface area (Å²) in [7, 11) is 0. The molecular formula is C16H23N3O2. The summed E-state index contributed by atoms with van der Waals surface area (Å²) in [4.78, 5) is 25.0. The largest absolute Gasteiger partial charge is 0.304 e. The number of ketones is 2. The molecule has 0 aromatic heterocycles. The minimum atomic E-state index is -0.864. The lowest BCUT2D eigenvalue weighted by molar-refractivity contribution is -0.131. The van der Waals surface area contributed by atoms with Gasteiger partial charge in [-0.05, 0) is 33.1 Å². The zero-order valence-electron chi connectivity index (χ0n) is 13.8. The third-order valence-corrected chi connectivity index (χ3v) is 3.22. The minimum absolute atomic E-state index is 0.0315. The average Bonchev–Trinajstić information content (AvgIpc) is 2.25. The number of Topliss-reactive ketones (excluding diaryl/α,β-unsaturated/α-hetero) is 2. The molecule has 0 aliphatic heterocycles. The molecule has 0 saturated carbocycles. The topological polar surface area (TPSA) is 82.3 Å². The van der Waals surface area contributed by atoms with Crippen LogP contribution in [0.25, 0.3) is 0 Å². The number of hydrazone groups is 1. The van der Waals surface area contributed by atoms with E-state index in [0.717, 1.165) is 0 Å². The van der Waals surface area contributed by atoms with Crippen LogP contribution >= 0.6 is 0 Å². The maximum absolute atomic E-state index is 12.6. The maximum Gasteiger partial charge on any atom is 0.194 e. The molecule has 0 saturated heterocycles. The van der Waals surface area contributed by atoms with Gasteiger partial charge in [0, 0.05) is 11.1 Å². The fourth-order valence-corrected chi connectivity index (χ4v) is 2.18. The van der Waals surface area contributed by atoms with E-state index in [1.54, 1.807) is 6.92 Å². The lowest BCUT2D eigenvalue weighted by Crippen LogP contribution is -2.45. The van der Waals surface area contributed by atoms with E-state index >= 15 is 0 Å². The Morgan fingerprint density at radius 1 is 1.10 bits per heavy atom. The van der Waals surface area contributed by atoms with Crippen molar-refractivity contribution >= 4 is 17.3 Å². The smallest absolute Gasteiger partial charge is 0.194 e. The third-order valence-electron chi connectivity index (χ3n) is 3.22. The number of nitrogens with zero attached hydrogens (tertiary/aromatic N) is 2. The lowest BCUT2D eigenvalue weighted by Gasteiger charge is -2.32. The quantitative estimate of drug-likeness (QED) is 0.593. The Bertz CT molecular complexity index is 578. The van der Waals surface area contributed by atoms with Gasteiger partial charge in [0.15, 0.2) is 11.6 Å². The highest BCUT2D eigenvalue weighted by Gasteiger charge is 2.45. The van der Waals surface area contributed by atoms with Crippen molar-refractivity contribution in [2.75, 3.05) is 0 Å². The molecule has 0 amide bonds. The molecule has 5 heteroatoms. The van der Waals surface area contributed by atoms with Gasteiger partial charge in [-0.2, -0.15) is 10.4 Å². The molecule has 1 rings (SSSR count). The zero-order valence-corrected chi connectivity index (χ0v) is 13.8. The average molecular weight is 289 g/mol. The van der Waals surface area contributed by atoms with Crippen LogP contribution < -0.4 is 5.43 Å². The minimum Gasteiger partial charge on any atom is -0.304 e. The SMILES string of the molecule is CC1=C(C#N)C(=O)C(C(C)(C)C)C(=O)C1=NNC(C)(C)C. The number of carbonyl (C=O) groups is 2. The Morgan fingerprint density at radius 2 is 1.62 bits per heavy atom. The van der Waals surface area contributed by atoms with Gasteiger partial charge in [0.2, 0.25) is 0 Å². The summed E-state index contributed by atoms with van der Waals surface area (Å²) in [5.41, 5.74) is 2.60. The van der Waals surface area contributed by atoms with Crippen LogP contribution in [0.1, 0.15) is 48.5 Å². The van der Waals surface area contributed by atoms with Crippen molar-refractivity contribution < 1.29 is 9.59 Å². The van der Waals surface area contributed by atoms with Crippen molar-refractivity contribution in [3.63, 3.8) is 0 Å². The van der Waals surface area contributed by atoms with E-state index in [4.69, 9.17) is 0 Å². The molecule has 0 aromatic carbocycles. The van der Waals surface area contributed by atoms with Crippen LogP contribution in [0.2, 0.25) is 0 Å². The van der Waals surface area contributed by atoms with Crippen LogP contribution in [-0.2, 0) is 9.59 Å². The number of carbonyl (C=O) groups excluding carboxylic acids is 2. The molecule has 1 atom stereocenters. The molecule has 0 spiro atoms. The van der Waals surface area contributed by atoms with Crippen molar-refractivity contribution in [1.82, 2.24) is 5.43 Å². The van der Waals surface area contributed by atoms with Gasteiger partial charge >= 0.3 is 0 Å². The molecule has 0 heterocycles. The summed E-state index contributed by atoms with van der Waals surface area (Å²) >= 11 is 0. The third kappa shape index (κ3) is 3.57. The molecule has 1 unspecified atom stereocenters. The van der Waals surface area contributed by atoms with Crippen LogP contribution in [-0.4, -0.2) is 22.8 Å². The summed E-state index contributed by atoms with van der Waals surface area (Å²) in [6.07, 6.45) is 0. The molecule has 0 radical (unpaired) electrons. The van der Waals surface area contributed by atoms with E-state index in [0.29, 0.717) is 5.57 Å². The summed E-state index contributed by atoms with van der Waals surface area (Å²) < 4.78 is 0. The van der Waals surface area contributed by atoms with Gasteiger partial charge in [-0.3, -0.25) is 9.59 Å². The number of hydrogen-bond donors (Lipinski definition) is 1. The van der Waals surface area contributed by atoms with Crippen molar-refractivity contribution in [1.29, 1.82) is 5.26 Å². The number of allylic oxidation sites excluding steroid dienone is 2. The van der Waals surface area contributed by atoms with E-state index in [-0.39, 0.29) is 22.6 Å². The van der Waals surface area contributed by atoms with Crippen LogP contribution in [0.3, 0.4) is 0 Å². The van der Waals surface area contributed by atoms with Crippen LogP contribution in [0, 0.1) is 22.7 Å². The molecule has 0 aromatic rings. The summed E-state index contributed by atoms with van der Waals surface area (Å²) in [6, 6.07) is 1.92. The van der Waals surface area contributed by atoms with Gasteiger partial charge in [-0.15, -0.1) is 0 Å². The number of hydrogen-bond acceptors (Lipinski definition) is 5. The standard InChI is InChI=1S/C16H23N3O2/c1-9-10(8-17)13(20)11(15(2,3)4)14(21)12(9)18-19-16(5,6)7/h11,19H,1-7H3. The van der Waals surface area contributed by atoms with Gasteiger partial charge in [0.25, 0.3) is 0 Å². The van der Waals surface area contributed by atoms with Crippen molar-refractivity contribution in [3.8, 4) is 6.07 Å². The van der Waals surface area contributed by atoms with E-state index in [1.165, 1.54) is 0 Å². The fraction of sp³-hybridized carbons (Fsp3) is 0.625. The van der Waals surface area contributed by atoms with E-state index in [9.17, 15) is 14.9 Å². The number of rotatable bonds is 1. The highest BCUT2D eigenvalue weighted by atomic mass is 16.2. The highest BCUT2D eigenvalue weighted by Crippen LogP contribution is 2.34. The molecule has 21 heavy (non-hydrogen) atoms. The fourth-order valence-electron chi connectivity index (χ4n) is 2.18. The van der Waals surface area contributed by atoms with Gasteiger partial charge in [-0.1, -0.05) is 20.8 Å². The first-order valence-electron chi connectivity index (χ1n) is 6.95. The van der Waals surface area contributed by atoms with E-state index in [2.05, 4.69) is 10.5 Å². The number of nitrogens with one attached hydrogen (secondary N) is 1. The Kier molecular flexibility index (Phi) is 4.43. The first-order chi connectivity index (χ1) is 9.40. The molecule has 114 valence electrons. The second-order valence-corrected chi connectivity index (χ2v) is 7.46. The molecule has 1 N–H and O–H groups in total. The Balaban J connectivity index is 3.44. The molecule has 1 aliphatic carbocycles. The summed E-state index contributed by atoms with van der Waals surface area (Å²) in [5, 5.41) is 13.4. The van der Waals surface area contributed by atoms with E-state index < -0.39 is 17.1 Å². The Morgan fingerprint density at radius 3 is 2.00 bits per heavy atom. The molecular weight excluding hydrogens is 266 g/mol. The predicted molar refractivity (Wildman–Crippen MR) is 81.6 cm³/mol. The second-order valence-electron chi connectivity index (χ2n) is 7.46. The van der Waals surface area contributed by atoms with Gasteiger partial charge in [0.1, 0.15) is 17.4 Å². The highest BCUT2D eigenvalue weighted by molar-refractivity contribution is 6.53. The maximum atomic E-state index is 12.6. The molecule has 5 nitrogen and oxygen atoms in total. The van der Waals surface area contributed by atoms with Crippen LogP contribution in [0.5, 0.6) is 0 Å². The first kappa shape index (κ1) is 17.1. The van der Waals surface area contributed by atoms with Crippen molar-refractivity contribution in [2.24, 2.45) is 16.4 Å². The van der Waals surface area contributed by atoms with Gasteiger partial charge < -0.3 is 5.43 Å². The number of nitriles is 1. The Hall–Kier alpha value is -1.96. The molecule has 0 bridgehead atoms. The molecule has 1 aliphatic rings. The predicted octanol–water partition coefficient (Wildman–Crippen LogP) is 2.38. The second kappa shape index (κ2) is 5.44. The van der Waals surface area contributed by atoms with Gasteiger partial charge in [-0.25, -0.2) is 0 Å². The van der Waals surface area contributed by atoms with E-state index in [1.807, 2.05) is 47.6 Å². The monoisotopic (exact) mass is 289 g/mol. The zero-order chi connectivity index (χ0) is 16.6. The molecule has 0 fully saturated rings. The summed E-state index contributed by atoms with van der Waals surface area (Å²) in [5.74, 6) is -1.58. The first-order valence-corrected chi connectivity index (χ1v) is 6.95. The lowest BCUT2D eigenvalue weighted by atomic mass is 9.68. The summed E-state index contributed by atoms with van der Waals surface area (Å²) in [6.45, 7) is 12.8. The van der Waals surface area contributed by atoms with Crippen molar-refractivity contribution in [3.05, 3.63) is 11.1 Å². The van der Waals surface area contributed by atoms with Gasteiger partial charge in [0.05, 0.1) is 5.92 Å². The Labute approximate surface area is 126 Å².